The minimum absolute atomic E-state index is 0.228. The van der Waals surface area contributed by atoms with Crippen LogP contribution in [0.2, 0.25) is 0 Å². The van der Waals surface area contributed by atoms with Gasteiger partial charge in [-0.3, -0.25) is 4.79 Å². The van der Waals surface area contributed by atoms with Gasteiger partial charge in [0.1, 0.15) is 5.78 Å². The van der Waals surface area contributed by atoms with E-state index in [-0.39, 0.29) is 5.41 Å². The van der Waals surface area contributed by atoms with Gasteiger partial charge >= 0.3 is 0 Å². The zero-order valence-corrected chi connectivity index (χ0v) is 9.78. The molecule has 1 saturated carbocycles. The number of allylic oxidation sites excluding steroid dienone is 1. The van der Waals surface area contributed by atoms with Gasteiger partial charge in [-0.2, -0.15) is 0 Å². The van der Waals surface area contributed by atoms with Gasteiger partial charge < -0.3 is 0 Å². The fraction of sp³-hybridized carbons (Fsp3) is 0.400. The summed E-state index contributed by atoms with van der Waals surface area (Å²) in [6.45, 7) is 2.06. The molecule has 1 aliphatic carbocycles. The van der Waals surface area contributed by atoms with E-state index in [1.807, 2.05) is 18.2 Å². The van der Waals surface area contributed by atoms with Gasteiger partial charge in [0.2, 0.25) is 0 Å². The lowest BCUT2D eigenvalue weighted by atomic mass is 9.74. The Morgan fingerprint density at radius 2 is 1.94 bits per heavy atom. The summed E-state index contributed by atoms with van der Waals surface area (Å²) in [5, 5.41) is 0. The summed E-state index contributed by atoms with van der Waals surface area (Å²) in [5.74, 6) is 0.394. The molecule has 84 valence electrons. The number of hydrogen-bond donors (Lipinski definition) is 0. The van der Waals surface area contributed by atoms with E-state index in [4.69, 9.17) is 0 Å². The zero-order valence-electron chi connectivity index (χ0n) is 9.78. The van der Waals surface area contributed by atoms with Crippen molar-refractivity contribution in [1.82, 2.24) is 0 Å². The summed E-state index contributed by atoms with van der Waals surface area (Å²) in [5.41, 5.74) is 0.941. The third-order valence-electron chi connectivity index (χ3n) is 3.43. The number of carbonyl (C=O) groups is 1. The van der Waals surface area contributed by atoms with Crippen LogP contribution in [0.5, 0.6) is 0 Å². The number of hydrogen-bond acceptors (Lipinski definition) is 1. The van der Waals surface area contributed by atoms with Crippen LogP contribution in [0.15, 0.2) is 36.4 Å². The molecule has 0 N–H and O–H groups in total. The third-order valence-corrected chi connectivity index (χ3v) is 3.43. The largest absolute Gasteiger partial charge is 0.299 e. The normalized spacial score (nSPS) is 26.2. The summed E-state index contributed by atoms with van der Waals surface area (Å²) in [4.78, 5) is 11.9. The van der Waals surface area contributed by atoms with Crippen molar-refractivity contribution in [2.75, 3.05) is 0 Å². The lowest BCUT2D eigenvalue weighted by Crippen LogP contribution is -2.28. The predicted octanol–water partition coefficient (Wildman–Crippen LogP) is 3.85. The topological polar surface area (TPSA) is 17.1 Å². The summed E-state index contributed by atoms with van der Waals surface area (Å²) in [7, 11) is 0. The molecule has 1 unspecified atom stereocenters. The second kappa shape index (κ2) is 4.65. The summed E-state index contributed by atoms with van der Waals surface area (Å²) < 4.78 is 0. The number of ketones is 1. The van der Waals surface area contributed by atoms with E-state index in [1.165, 1.54) is 12.0 Å². The molecule has 0 bridgehead atoms. The molecule has 1 aromatic carbocycles. The Kier molecular flexibility index (Phi) is 3.23. The van der Waals surface area contributed by atoms with Crippen molar-refractivity contribution in [3.63, 3.8) is 0 Å². The van der Waals surface area contributed by atoms with Crippen LogP contribution in [0.4, 0.5) is 0 Å². The Morgan fingerprint density at radius 3 is 2.62 bits per heavy atom. The van der Waals surface area contributed by atoms with Gasteiger partial charge in [0.25, 0.3) is 0 Å². The lowest BCUT2D eigenvalue weighted by molar-refractivity contribution is -0.127. The maximum absolute atomic E-state index is 11.9. The Labute approximate surface area is 97.2 Å². The first kappa shape index (κ1) is 11.1. The molecule has 1 aromatic rings. The third kappa shape index (κ3) is 2.41. The highest BCUT2D eigenvalue weighted by Crippen LogP contribution is 2.34. The average molecular weight is 214 g/mol. The molecule has 0 radical (unpaired) electrons. The van der Waals surface area contributed by atoms with E-state index >= 15 is 0 Å². The van der Waals surface area contributed by atoms with Crippen LogP contribution in [-0.4, -0.2) is 5.78 Å². The first-order valence-corrected chi connectivity index (χ1v) is 5.98. The van der Waals surface area contributed by atoms with Gasteiger partial charge in [0.05, 0.1) is 0 Å². The smallest absolute Gasteiger partial charge is 0.142 e. The van der Waals surface area contributed by atoms with Crippen molar-refractivity contribution < 1.29 is 4.79 Å². The summed E-state index contributed by atoms with van der Waals surface area (Å²) in [6, 6.07) is 10.2. The molecule has 0 saturated heterocycles. The van der Waals surface area contributed by atoms with Crippen molar-refractivity contribution in [2.45, 2.75) is 32.6 Å². The zero-order chi connectivity index (χ0) is 11.4. The number of Topliss-reactive ketones (excluding diaryl/α,β-unsaturated/α-hetero) is 1. The molecule has 1 atom stereocenters. The maximum Gasteiger partial charge on any atom is 0.142 e. The lowest BCUT2D eigenvalue weighted by Gasteiger charge is -2.28. The van der Waals surface area contributed by atoms with Crippen LogP contribution in [0.1, 0.15) is 38.2 Å². The van der Waals surface area contributed by atoms with Gasteiger partial charge in [0, 0.05) is 11.8 Å². The highest BCUT2D eigenvalue weighted by atomic mass is 16.1. The van der Waals surface area contributed by atoms with E-state index in [0.717, 1.165) is 19.3 Å². The molecule has 0 amide bonds. The van der Waals surface area contributed by atoms with Crippen molar-refractivity contribution >= 4 is 11.9 Å². The summed E-state index contributed by atoms with van der Waals surface area (Å²) >= 11 is 0. The fourth-order valence-corrected chi connectivity index (χ4v) is 2.22. The predicted molar refractivity (Wildman–Crippen MR) is 67.1 cm³/mol. The highest BCUT2D eigenvalue weighted by molar-refractivity contribution is 5.87. The van der Waals surface area contributed by atoms with E-state index < -0.39 is 0 Å². The fourth-order valence-electron chi connectivity index (χ4n) is 2.22. The van der Waals surface area contributed by atoms with Gasteiger partial charge in [-0.25, -0.2) is 0 Å². The number of rotatable bonds is 2. The Bertz CT molecular complexity index is 391. The van der Waals surface area contributed by atoms with Crippen LogP contribution >= 0.6 is 0 Å². The van der Waals surface area contributed by atoms with E-state index in [9.17, 15) is 4.79 Å². The van der Waals surface area contributed by atoms with Crippen molar-refractivity contribution in [2.24, 2.45) is 5.41 Å². The van der Waals surface area contributed by atoms with Gasteiger partial charge in [-0.05, 0) is 25.3 Å². The monoisotopic (exact) mass is 214 g/mol. The van der Waals surface area contributed by atoms with E-state index in [0.29, 0.717) is 5.78 Å². The maximum atomic E-state index is 11.9. The molecular formula is C15H18O. The van der Waals surface area contributed by atoms with Gasteiger partial charge in [-0.1, -0.05) is 48.9 Å². The SMILES string of the molecule is CC1(/C=C\c2ccccc2)CCCCC1=O. The van der Waals surface area contributed by atoms with E-state index in [1.54, 1.807) is 0 Å². The average Bonchev–Trinajstić information content (AvgIpc) is 2.32. The van der Waals surface area contributed by atoms with E-state index in [2.05, 4.69) is 31.2 Å². The number of benzene rings is 1. The van der Waals surface area contributed by atoms with Crippen molar-refractivity contribution in [1.29, 1.82) is 0 Å². The molecule has 1 fully saturated rings. The van der Waals surface area contributed by atoms with Crippen LogP contribution < -0.4 is 0 Å². The molecule has 2 rings (SSSR count). The van der Waals surface area contributed by atoms with Crippen LogP contribution in [0.3, 0.4) is 0 Å². The Balaban J connectivity index is 2.14. The van der Waals surface area contributed by atoms with Crippen molar-refractivity contribution in [3.05, 3.63) is 42.0 Å². The molecule has 1 nitrogen and oxygen atoms in total. The first-order valence-electron chi connectivity index (χ1n) is 5.98. The molecule has 16 heavy (non-hydrogen) atoms. The Morgan fingerprint density at radius 1 is 1.19 bits per heavy atom. The second-order valence-electron chi connectivity index (χ2n) is 4.79. The molecule has 0 aliphatic heterocycles. The molecular weight excluding hydrogens is 196 g/mol. The van der Waals surface area contributed by atoms with Crippen LogP contribution in [0, 0.1) is 5.41 Å². The Hall–Kier alpha value is -1.37. The van der Waals surface area contributed by atoms with Gasteiger partial charge in [0.15, 0.2) is 0 Å². The van der Waals surface area contributed by atoms with Crippen LogP contribution in [-0.2, 0) is 4.79 Å². The molecule has 0 spiro atoms. The second-order valence-corrected chi connectivity index (χ2v) is 4.79. The minimum Gasteiger partial charge on any atom is -0.299 e. The highest BCUT2D eigenvalue weighted by Gasteiger charge is 2.32. The molecule has 1 aliphatic rings. The van der Waals surface area contributed by atoms with Crippen LogP contribution in [0.25, 0.3) is 6.08 Å². The quantitative estimate of drug-likeness (QED) is 0.730. The standard InChI is InChI=1S/C15H18O/c1-15(11-6-5-9-14(15)16)12-10-13-7-3-2-4-8-13/h2-4,7-8,10,12H,5-6,9,11H2,1H3/b12-10-. The minimum atomic E-state index is -0.228. The van der Waals surface area contributed by atoms with Gasteiger partial charge in [-0.15, -0.1) is 0 Å². The first-order chi connectivity index (χ1) is 7.71. The van der Waals surface area contributed by atoms with Crippen molar-refractivity contribution in [3.8, 4) is 0 Å². The molecule has 1 heteroatoms. The summed E-state index contributed by atoms with van der Waals surface area (Å²) in [6.07, 6.45) is 8.13. The molecule has 0 aromatic heterocycles. The number of carbonyl (C=O) groups excluding carboxylic acids is 1. The molecule has 0 heterocycles.